The van der Waals surface area contributed by atoms with E-state index in [0.717, 1.165) is 28.2 Å². The molecule has 1 atom stereocenters. The van der Waals surface area contributed by atoms with E-state index in [4.69, 9.17) is 4.52 Å². The molecular weight excluding hydrogens is 404 g/mol. The fraction of sp³-hybridized carbons (Fsp3) is 0.286. The number of hydrogen-bond donors (Lipinski definition) is 1. The molecule has 4 aromatic heterocycles. The Hall–Kier alpha value is -2.71. The van der Waals surface area contributed by atoms with Gasteiger partial charge in [0.25, 0.3) is 0 Å². The standard InChI is InChI=1S/C21H22N4O2S2/c1-14(11-16-5-3-9-28-16)21(26)22-7-8-25-20(19-6-4-10-29-19)17(13-23-25)18-12-15(2)24-27-18/h3-6,9-10,12-14H,7-8,11H2,1-2H3,(H,22,26)/t14-/m1/s1. The van der Waals surface area contributed by atoms with Crippen LogP contribution in [0.1, 0.15) is 17.5 Å². The van der Waals surface area contributed by atoms with E-state index in [2.05, 4.69) is 27.7 Å². The van der Waals surface area contributed by atoms with Gasteiger partial charge in [0.05, 0.1) is 34.6 Å². The maximum absolute atomic E-state index is 12.4. The second kappa shape index (κ2) is 8.75. The second-order valence-corrected chi connectivity index (χ2v) is 8.90. The molecule has 0 aliphatic heterocycles. The van der Waals surface area contributed by atoms with E-state index in [1.165, 1.54) is 4.88 Å². The lowest BCUT2D eigenvalue weighted by Crippen LogP contribution is -2.32. The van der Waals surface area contributed by atoms with Gasteiger partial charge < -0.3 is 9.84 Å². The molecule has 4 rings (SSSR count). The second-order valence-electron chi connectivity index (χ2n) is 6.92. The van der Waals surface area contributed by atoms with Gasteiger partial charge in [-0.25, -0.2) is 0 Å². The van der Waals surface area contributed by atoms with Crippen LogP contribution in [0.15, 0.2) is 51.8 Å². The van der Waals surface area contributed by atoms with Crippen molar-refractivity contribution in [1.82, 2.24) is 20.3 Å². The van der Waals surface area contributed by atoms with Crippen molar-refractivity contribution < 1.29 is 9.32 Å². The van der Waals surface area contributed by atoms with Gasteiger partial charge >= 0.3 is 0 Å². The molecule has 1 amide bonds. The molecule has 0 aromatic carbocycles. The van der Waals surface area contributed by atoms with Crippen LogP contribution >= 0.6 is 22.7 Å². The Bertz CT molecular complexity index is 1060. The highest BCUT2D eigenvalue weighted by Crippen LogP contribution is 2.34. The third-order valence-corrected chi connectivity index (χ3v) is 6.42. The topological polar surface area (TPSA) is 73.0 Å². The number of carbonyl (C=O) groups is 1. The summed E-state index contributed by atoms with van der Waals surface area (Å²) in [6.45, 7) is 4.96. The summed E-state index contributed by atoms with van der Waals surface area (Å²) in [5, 5.41) is 15.7. The van der Waals surface area contributed by atoms with Crippen LogP contribution in [0.25, 0.3) is 21.9 Å². The summed E-state index contributed by atoms with van der Waals surface area (Å²) < 4.78 is 7.38. The quantitative estimate of drug-likeness (QED) is 0.446. The molecule has 0 bridgehead atoms. The summed E-state index contributed by atoms with van der Waals surface area (Å²) in [6, 6.07) is 10.1. The first-order valence-electron chi connectivity index (χ1n) is 9.45. The fourth-order valence-corrected chi connectivity index (χ4v) is 4.80. The average Bonchev–Trinajstić information content (AvgIpc) is 3.48. The maximum Gasteiger partial charge on any atom is 0.223 e. The number of rotatable bonds is 8. The third-order valence-electron chi connectivity index (χ3n) is 4.65. The van der Waals surface area contributed by atoms with Gasteiger partial charge in [-0.15, -0.1) is 22.7 Å². The molecule has 0 saturated carbocycles. The lowest BCUT2D eigenvalue weighted by molar-refractivity contribution is -0.124. The minimum Gasteiger partial charge on any atom is -0.356 e. The van der Waals surface area contributed by atoms with E-state index in [1.807, 2.05) is 47.5 Å². The van der Waals surface area contributed by atoms with Crippen LogP contribution in [0.3, 0.4) is 0 Å². The minimum absolute atomic E-state index is 0.0595. The number of hydrogen-bond acceptors (Lipinski definition) is 6. The molecule has 29 heavy (non-hydrogen) atoms. The van der Waals surface area contributed by atoms with Crippen molar-refractivity contribution in [2.45, 2.75) is 26.8 Å². The van der Waals surface area contributed by atoms with Gasteiger partial charge in [-0.3, -0.25) is 9.48 Å². The van der Waals surface area contributed by atoms with E-state index >= 15 is 0 Å². The Morgan fingerprint density at radius 3 is 2.79 bits per heavy atom. The zero-order valence-corrected chi connectivity index (χ0v) is 17.9. The Labute approximate surface area is 177 Å². The van der Waals surface area contributed by atoms with Crippen LogP contribution in [0, 0.1) is 12.8 Å². The van der Waals surface area contributed by atoms with Gasteiger partial charge in [0.2, 0.25) is 5.91 Å². The highest BCUT2D eigenvalue weighted by Gasteiger charge is 2.19. The molecule has 0 spiro atoms. The first-order valence-corrected chi connectivity index (χ1v) is 11.2. The van der Waals surface area contributed by atoms with Crippen LogP contribution in [0.5, 0.6) is 0 Å². The van der Waals surface area contributed by atoms with Crippen molar-refractivity contribution >= 4 is 28.6 Å². The molecule has 0 aliphatic rings. The Morgan fingerprint density at radius 1 is 1.28 bits per heavy atom. The SMILES string of the molecule is Cc1cc(-c2cnn(CCNC(=O)[C@H](C)Cc3cccs3)c2-c2cccs2)on1. The molecule has 4 heterocycles. The molecule has 0 radical (unpaired) electrons. The minimum atomic E-state index is -0.0595. The summed E-state index contributed by atoms with van der Waals surface area (Å²) in [6.07, 6.45) is 2.57. The molecule has 0 fully saturated rings. The van der Waals surface area contributed by atoms with Crippen LogP contribution in [0.4, 0.5) is 0 Å². The van der Waals surface area contributed by atoms with Crippen molar-refractivity contribution in [1.29, 1.82) is 0 Å². The van der Waals surface area contributed by atoms with Gasteiger partial charge in [-0.2, -0.15) is 5.10 Å². The summed E-state index contributed by atoms with van der Waals surface area (Å²) in [7, 11) is 0. The van der Waals surface area contributed by atoms with E-state index in [1.54, 1.807) is 28.9 Å². The highest BCUT2D eigenvalue weighted by atomic mass is 32.1. The number of nitrogens with zero attached hydrogens (tertiary/aromatic N) is 3. The lowest BCUT2D eigenvalue weighted by Gasteiger charge is -2.12. The van der Waals surface area contributed by atoms with Crippen molar-refractivity contribution in [3.8, 4) is 21.9 Å². The highest BCUT2D eigenvalue weighted by molar-refractivity contribution is 7.13. The third kappa shape index (κ3) is 4.49. The normalized spacial score (nSPS) is 12.2. The van der Waals surface area contributed by atoms with Crippen molar-refractivity contribution in [3.05, 3.63) is 57.9 Å². The molecule has 1 N–H and O–H groups in total. The Kier molecular flexibility index (Phi) is 5.92. The summed E-state index contributed by atoms with van der Waals surface area (Å²) in [4.78, 5) is 14.8. The Morgan fingerprint density at radius 2 is 2.10 bits per heavy atom. The number of carbonyl (C=O) groups excluding carboxylic acids is 1. The smallest absolute Gasteiger partial charge is 0.223 e. The van der Waals surface area contributed by atoms with Gasteiger partial charge in [0.1, 0.15) is 0 Å². The summed E-state index contributed by atoms with van der Waals surface area (Å²) in [5.41, 5.74) is 2.72. The summed E-state index contributed by atoms with van der Waals surface area (Å²) >= 11 is 3.33. The predicted octanol–water partition coefficient (Wildman–Crippen LogP) is 4.63. The zero-order chi connectivity index (χ0) is 20.2. The van der Waals surface area contributed by atoms with Crippen LogP contribution in [0.2, 0.25) is 0 Å². The van der Waals surface area contributed by atoms with E-state index in [9.17, 15) is 4.79 Å². The van der Waals surface area contributed by atoms with E-state index < -0.39 is 0 Å². The lowest BCUT2D eigenvalue weighted by atomic mass is 10.1. The number of nitrogens with one attached hydrogen (secondary N) is 1. The Balaban J connectivity index is 1.45. The molecule has 0 unspecified atom stereocenters. The van der Waals surface area contributed by atoms with Gasteiger partial charge in [-0.05, 0) is 36.2 Å². The average molecular weight is 427 g/mol. The van der Waals surface area contributed by atoms with Gasteiger partial charge in [-0.1, -0.05) is 24.2 Å². The first-order chi connectivity index (χ1) is 14.1. The van der Waals surface area contributed by atoms with Gasteiger partial charge in [0, 0.05) is 23.4 Å². The molecule has 0 aliphatic carbocycles. The van der Waals surface area contributed by atoms with E-state index in [-0.39, 0.29) is 11.8 Å². The first kappa shape index (κ1) is 19.6. The number of amides is 1. The maximum atomic E-state index is 12.4. The van der Waals surface area contributed by atoms with Crippen molar-refractivity contribution in [2.75, 3.05) is 6.54 Å². The number of aromatic nitrogens is 3. The van der Waals surface area contributed by atoms with Crippen molar-refractivity contribution in [2.24, 2.45) is 5.92 Å². The molecule has 6 nitrogen and oxygen atoms in total. The van der Waals surface area contributed by atoms with E-state index in [0.29, 0.717) is 18.8 Å². The molecule has 150 valence electrons. The number of thiophene rings is 2. The molecule has 8 heteroatoms. The fourth-order valence-electron chi connectivity index (χ4n) is 3.18. The molecule has 0 saturated heterocycles. The molecule has 4 aromatic rings. The van der Waals surface area contributed by atoms with Crippen LogP contribution in [-0.2, 0) is 17.8 Å². The summed E-state index contributed by atoms with van der Waals surface area (Å²) in [5.74, 6) is 0.704. The van der Waals surface area contributed by atoms with Crippen molar-refractivity contribution in [3.63, 3.8) is 0 Å². The number of aryl methyl sites for hydroxylation is 1. The largest absolute Gasteiger partial charge is 0.356 e. The zero-order valence-electron chi connectivity index (χ0n) is 16.3. The molecular formula is C21H22N4O2S2. The van der Waals surface area contributed by atoms with Crippen LogP contribution < -0.4 is 5.32 Å². The van der Waals surface area contributed by atoms with Gasteiger partial charge in [0.15, 0.2) is 5.76 Å². The predicted molar refractivity (Wildman–Crippen MR) is 116 cm³/mol. The van der Waals surface area contributed by atoms with Crippen LogP contribution in [-0.4, -0.2) is 27.4 Å². The monoisotopic (exact) mass is 426 g/mol.